The first-order valence-corrected chi connectivity index (χ1v) is 3.18. The Labute approximate surface area is 65.2 Å². The van der Waals surface area contributed by atoms with E-state index in [1.54, 1.807) is 6.92 Å². The summed E-state index contributed by atoms with van der Waals surface area (Å²) in [4.78, 5) is 4.49. The van der Waals surface area contributed by atoms with Crippen LogP contribution < -0.4 is 0 Å². The number of hydrogen-bond acceptors (Lipinski definition) is 4. The second kappa shape index (κ2) is 4.73. The van der Waals surface area contributed by atoms with Gasteiger partial charge in [0.15, 0.2) is 0 Å². The van der Waals surface area contributed by atoms with Crippen LogP contribution in [0.4, 0.5) is 0 Å². The highest BCUT2D eigenvalue weighted by molar-refractivity contribution is 4.44. The third-order valence-electron chi connectivity index (χ3n) is 0.972. The van der Waals surface area contributed by atoms with Crippen LogP contribution in [0, 0.1) is 5.21 Å². The highest BCUT2D eigenvalue weighted by Crippen LogP contribution is 1.89. The van der Waals surface area contributed by atoms with Crippen molar-refractivity contribution in [3.63, 3.8) is 0 Å². The van der Waals surface area contributed by atoms with Gasteiger partial charge in [0.25, 0.3) is 0 Å². The molecule has 0 aliphatic heterocycles. The zero-order valence-electron chi connectivity index (χ0n) is 6.89. The molecule has 0 radical (unpaired) electrons. The SMILES string of the molecule is CO/N=[N+](/[O-])N(C)CC(C)O. The fourth-order valence-electron chi connectivity index (χ4n) is 0.584. The molecule has 6 heteroatoms. The lowest BCUT2D eigenvalue weighted by molar-refractivity contribution is -0.705. The van der Waals surface area contributed by atoms with Crippen LogP contribution in [0.1, 0.15) is 6.92 Å². The van der Waals surface area contributed by atoms with Crippen LogP contribution in [0.25, 0.3) is 0 Å². The molecule has 0 aliphatic rings. The van der Waals surface area contributed by atoms with Crippen molar-refractivity contribution in [3.8, 4) is 0 Å². The van der Waals surface area contributed by atoms with Crippen molar-refractivity contribution in [2.24, 2.45) is 5.28 Å². The minimum atomic E-state index is -0.566. The highest BCUT2D eigenvalue weighted by atomic mass is 16.7. The summed E-state index contributed by atoms with van der Waals surface area (Å²) in [5, 5.41) is 23.8. The fourth-order valence-corrected chi connectivity index (χ4v) is 0.584. The quantitative estimate of drug-likeness (QED) is 0.352. The summed E-state index contributed by atoms with van der Waals surface area (Å²) in [6, 6.07) is 0. The summed E-state index contributed by atoms with van der Waals surface area (Å²) in [5.74, 6) is 0. The Kier molecular flexibility index (Phi) is 4.28. The normalized spacial score (nSPS) is 14.4. The molecule has 0 amide bonds. The molecule has 66 valence electrons. The van der Waals surface area contributed by atoms with E-state index in [2.05, 4.69) is 10.1 Å². The van der Waals surface area contributed by atoms with Crippen molar-refractivity contribution in [1.29, 1.82) is 0 Å². The lowest BCUT2D eigenvalue weighted by Gasteiger charge is -2.13. The lowest BCUT2D eigenvalue weighted by atomic mass is 10.4. The maximum absolute atomic E-state index is 10.7. The van der Waals surface area contributed by atoms with Crippen LogP contribution in [-0.2, 0) is 4.84 Å². The minimum Gasteiger partial charge on any atom is -0.569 e. The fraction of sp³-hybridized carbons (Fsp3) is 1.00. The molecule has 0 aliphatic carbocycles. The molecule has 0 rings (SSSR count). The molecule has 0 saturated carbocycles. The largest absolute Gasteiger partial charge is 0.569 e. The van der Waals surface area contributed by atoms with E-state index in [-0.39, 0.29) is 11.5 Å². The maximum atomic E-state index is 10.7. The van der Waals surface area contributed by atoms with Crippen molar-refractivity contribution in [1.82, 2.24) is 5.01 Å². The van der Waals surface area contributed by atoms with Crippen LogP contribution in [0.3, 0.4) is 0 Å². The number of hydrogen-bond donors (Lipinski definition) is 1. The van der Waals surface area contributed by atoms with Gasteiger partial charge in [0.2, 0.25) is 5.28 Å². The van der Waals surface area contributed by atoms with Crippen LogP contribution in [-0.4, -0.2) is 41.9 Å². The summed E-state index contributed by atoms with van der Waals surface area (Å²) in [6.07, 6.45) is -0.566. The summed E-state index contributed by atoms with van der Waals surface area (Å²) >= 11 is 0. The average molecular weight is 163 g/mol. The molecule has 0 saturated heterocycles. The zero-order valence-corrected chi connectivity index (χ0v) is 6.89. The summed E-state index contributed by atoms with van der Waals surface area (Å²) in [5.41, 5.74) is 0. The van der Waals surface area contributed by atoms with Crippen LogP contribution in [0.15, 0.2) is 5.28 Å². The Balaban J connectivity index is 3.82. The molecule has 11 heavy (non-hydrogen) atoms. The molecule has 1 unspecified atom stereocenters. The van der Waals surface area contributed by atoms with Crippen LogP contribution in [0.5, 0.6) is 0 Å². The standard InChI is InChI=1S/C5H13N3O3/c1-5(9)4-7(2)8(10)6-11-3/h5,9H,4H2,1-3H3/b8-6+. The number of aliphatic hydroxyl groups excluding tert-OH is 1. The first-order chi connectivity index (χ1) is 5.07. The van der Waals surface area contributed by atoms with E-state index in [9.17, 15) is 5.21 Å². The Bertz CT molecular complexity index is 137. The lowest BCUT2D eigenvalue weighted by Crippen LogP contribution is -2.32. The van der Waals surface area contributed by atoms with Gasteiger partial charge < -0.3 is 15.2 Å². The number of likely N-dealkylation sites (N-methyl/N-ethyl adjacent to an activating group) is 1. The Morgan fingerprint density at radius 1 is 1.82 bits per heavy atom. The zero-order chi connectivity index (χ0) is 8.85. The molecule has 0 fully saturated rings. The third kappa shape index (κ3) is 4.38. The van der Waals surface area contributed by atoms with E-state index in [4.69, 9.17) is 5.11 Å². The minimum absolute atomic E-state index is 0.219. The van der Waals surface area contributed by atoms with Crippen molar-refractivity contribution in [3.05, 3.63) is 5.21 Å². The van der Waals surface area contributed by atoms with Gasteiger partial charge >= 0.3 is 0 Å². The van der Waals surface area contributed by atoms with Crippen molar-refractivity contribution >= 4 is 0 Å². The van der Waals surface area contributed by atoms with Gasteiger partial charge in [-0.2, -0.15) is 0 Å². The van der Waals surface area contributed by atoms with Crippen molar-refractivity contribution in [2.45, 2.75) is 13.0 Å². The van der Waals surface area contributed by atoms with Gasteiger partial charge in [0.1, 0.15) is 13.7 Å². The maximum Gasteiger partial charge on any atom is 0.232 e. The van der Waals surface area contributed by atoms with Gasteiger partial charge in [0.05, 0.1) is 18.1 Å². The van der Waals surface area contributed by atoms with Crippen LogP contribution >= 0.6 is 0 Å². The number of aliphatic hydroxyl groups is 1. The Morgan fingerprint density at radius 3 is 2.73 bits per heavy atom. The van der Waals surface area contributed by atoms with E-state index in [1.165, 1.54) is 19.2 Å². The molecule has 0 bridgehead atoms. The second-order valence-corrected chi connectivity index (χ2v) is 2.21. The van der Waals surface area contributed by atoms with E-state index >= 15 is 0 Å². The van der Waals surface area contributed by atoms with E-state index < -0.39 is 6.10 Å². The first-order valence-electron chi connectivity index (χ1n) is 3.18. The van der Waals surface area contributed by atoms with E-state index in [0.717, 1.165) is 0 Å². The number of nitrogens with zero attached hydrogens (tertiary/aromatic N) is 3. The number of hydrazine groups is 1. The molecular weight excluding hydrogens is 150 g/mol. The van der Waals surface area contributed by atoms with Crippen molar-refractivity contribution in [2.75, 3.05) is 20.7 Å². The topological polar surface area (TPSA) is 71.1 Å². The summed E-state index contributed by atoms with van der Waals surface area (Å²) in [7, 11) is 2.78. The Hall–Kier alpha value is -1.04. The Morgan fingerprint density at radius 2 is 2.36 bits per heavy atom. The predicted octanol–water partition coefficient (Wildman–Crippen LogP) is -0.262. The van der Waals surface area contributed by atoms with Gasteiger partial charge in [-0.1, -0.05) is 0 Å². The molecule has 1 atom stereocenters. The number of rotatable bonds is 4. The highest BCUT2D eigenvalue weighted by Gasteiger charge is 2.08. The molecule has 6 nitrogen and oxygen atoms in total. The molecule has 0 aromatic heterocycles. The molecule has 0 heterocycles. The van der Waals surface area contributed by atoms with Gasteiger partial charge in [-0.3, -0.25) is 0 Å². The van der Waals surface area contributed by atoms with E-state index in [0.29, 0.717) is 0 Å². The van der Waals surface area contributed by atoms with E-state index in [1.807, 2.05) is 0 Å². The smallest absolute Gasteiger partial charge is 0.232 e. The first kappa shape index (κ1) is 9.96. The van der Waals surface area contributed by atoms with Gasteiger partial charge in [0, 0.05) is 0 Å². The van der Waals surface area contributed by atoms with Gasteiger partial charge in [-0.25, -0.2) is 0 Å². The molecule has 0 spiro atoms. The van der Waals surface area contributed by atoms with Crippen LogP contribution in [0.2, 0.25) is 0 Å². The predicted molar refractivity (Wildman–Crippen MR) is 37.4 cm³/mol. The van der Waals surface area contributed by atoms with Crippen molar-refractivity contribution < 1.29 is 14.9 Å². The van der Waals surface area contributed by atoms with Gasteiger partial charge in [-0.05, 0) is 6.92 Å². The summed E-state index contributed by atoms with van der Waals surface area (Å²) < 4.78 is 0. The second-order valence-electron chi connectivity index (χ2n) is 2.21. The third-order valence-corrected chi connectivity index (χ3v) is 0.972. The monoisotopic (exact) mass is 163 g/mol. The molecule has 1 N–H and O–H groups in total. The molecule has 0 aromatic carbocycles. The summed E-state index contributed by atoms with van der Waals surface area (Å²) in [6.45, 7) is 1.80. The molecular formula is C5H13N3O3. The average Bonchev–Trinajstić information content (AvgIpc) is 1.86. The van der Waals surface area contributed by atoms with Gasteiger partial charge in [-0.15, -0.1) is 5.01 Å². The molecule has 0 aromatic rings.